The highest BCUT2D eigenvalue weighted by atomic mass is 16.5. The quantitative estimate of drug-likeness (QED) is 0.723. The van der Waals surface area contributed by atoms with Gasteiger partial charge >= 0.3 is 6.03 Å². The standard InChI is InChI=1S/C17H25N3O3/c1-2-11-18-16(21)12-19-17(22)20-13-7-9-15(10-8-13)23-14-5-3-4-6-14/h7-10,14H,2-6,11-12H2,1H3,(H,18,21)(H2,19,20,22). The molecule has 0 aliphatic heterocycles. The van der Waals surface area contributed by atoms with Crippen molar-refractivity contribution < 1.29 is 14.3 Å². The molecule has 6 nitrogen and oxygen atoms in total. The summed E-state index contributed by atoms with van der Waals surface area (Å²) in [5, 5.41) is 7.90. The third-order valence-corrected chi connectivity index (χ3v) is 3.70. The normalized spacial score (nSPS) is 14.3. The van der Waals surface area contributed by atoms with E-state index in [1.807, 2.05) is 19.1 Å². The molecule has 0 heterocycles. The molecule has 0 radical (unpaired) electrons. The Hall–Kier alpha value is -2.24. The molecule has 0 unspecified atom stereocenters. The largest absolute Gasteiger partial charge is 0.490 e. The van der Waals surface area contributed by atoms with Crippen molar-refractivity contribution in [3.63, 3.8) is 0 Å². The molecule has 0 atom stereocenters. The highest BCUT2D eigenvalue weighted by Crippen LogP contribution is 2.24. The lowest BCUT2D eigenvalue weighted by molar-refractivity contribution is -0.120. The van der Waals surface area contributed by atoms with Gasteiger partial charge in [0.05, 0.1) is 12.6 Å². The van der Waals surface area contributed by atoms with Gasteiger partial charge in [0.25, 0.3) is 0 Å². The van der Waals surface area contributed by atoms with Gasteiger partial charge in [-0.1, -0.05) is 6.92 Å². The summed E-state index contributed by atoms with van der Waals surface area (Å²) >= 11 is 0. The Kier molecular flexibility index (Phi) is 6.72. The van der Waals surface area contributed by atoms with Crippen LogP contribution in [0.1, 0.15) is 39.0 Å². The van der Waals surface area contributed by atoms with E-state index >= 15 is 0 Å². The summed E-state index contributed by atoms with van der Waals surface area (Å²) in [5.74, 6) is 0.629. The Balaban J connectivity index is 1.72. The molecular weight excluding hydrogens is 294 g/mol. The molecule has 3 amide bonds. The van der Waals surface area contributed by atoms with Crippen molar-refractivity contribution in [1.82, 2.24) is 10.6 Å². The first kappa shape index (κ1) is 17.1. The Morgan fingerprint density at radius 1 is 1.13 bits per heavy atom. The van der Waals surface area contributed by atoms with E-state index in [0.717, 1.165) is 25.0 Å². The van der Waals surface area contributed by atoms with Crippen molar-refractivity contribution in [3.05, 3.63) is 24.3 Å². The van der Waals surface area contributed by atoms with Crippen LogP contribution >= 0.6 is 0 Å². The maximum Gasteiger partial charge on any atom is 0.319 e. The maximum atomic E-state index is 11.7. The fourth-order valence-corrected chi connectivity index (χ4v) is 2.48. The maximum absolute atomic E-state index is 11.7. The van der Waals surface area contributed by atoms with E-state index in [4.69, 9.17) is 4.74 Å². The van der Waals surface area contributed by atoms with Gasteiger partial charge in [0.2, 0.25) is 5.91 Å². The third kappa shape index (κ3) is 6.18. The van der Waals surface area contributed by atoms with Crippen LogP contribution in [0.3, 0.4) is 0 Å². The molecule has 1 saturated carbocycles. The summed E-state index contributed by atoms with van der Waals surface area (Å²) in [7, 11) is 0. The number of anilines is 1. The number of carbonyl (C=O) groups excluding carboxylic acids is 2. The topological polar surface area (TPSA) is 79.5 Å². The van der Waals surface area contributed by atoms with Crippen LogP contribution in [0.2, 0.25) is 0 Å². The van der Waals surface area contributed by atoms with E-state index in [0.29, 0.717) is 18.3 Å². The first-order valence-electron chi connectivity index (χ1n) is 8.25. The van der Waals surface area contributed by atoms with Gasteiger partial charge in [0.1, 0.15) is 5.75 Å². The molecule has 2 rings (SSSR count). The van der Waals surface area contributed by atoms with Crippen LogP contribution in [0.25, 0.3) is 0 Å². The molecule has 6 heteroatoms. The lowest BCUT2D eigenvalue weighted by Crippen LogP contribution is -2.39. The molecule has 1 fully saturated rings. The molecule has 0 bridgehead atoms. The fourth-order valence-electron chi connectivity index (χ4n) is 2.48. The monoisotopic (exact) mass is 319 g/mol. The zero-order valence-electron chi connectivity index (χ0n) is 13.6. The molecule has 126 valence electrons. The molecule has 0 saturated heterocycles. The zero-order valence-corrected chi connectivity index (χ0v) is 13.6. The van der Waals surface area contributed by atoms with Crippen molar-refractivity contribution in [3.8, 4) is 5.75 Å². The minimum atomic E-state index is -0.402. The number of nitrogens with one attached hydrogen (secondary N) is 3. The van der Waals surface area contributed by atoms with E-state index in [9.17, 15) is 9.59 Å². The second kappa shape index (κ2) is 9.02. The summed E-state index contributed by atoms with van der Waals surface area (Å²) in [4.78, 5) is 23.1. The van der Waals surface area contributed by atoms with Crippen molar-refractivity contribution in [1.29, 1.82) is 0 Å². The number of hydrogen-bond donors (Lipinski definition) is 3. The summed E-state index contributed by atoms with van der Waals surface area (Å²) < 4.78 is 5.87. The molecule has 0 spiro atoms. The number of benzene rings is 1. The van der Waals surface area contributed by atoms with Crippen LogP contribution in [0.4, 0.5) is 10.5 Å². The predicted octanol–water partition coefficient (Wildman–Crippen LogP) is 2.66. The number of hydrogen-bond acceptors (Lipinski definition) is 3. The highest BCUT2D eigenvalue weighted by molar-refractivity contribution is 5.92. The first-order chi connectivity index (χ1) is 11.2. The summed E-state index contributed by atoms with van der Waals surface area (Å²) in [6.45, 7) is 2.56. The van der Waals surface area contributed by atoms with Gasteiger partial charge in [-0.05, 0) is 56.4 Å². The van der Waals surface area contributed by atoms with Crippen LogP contribution in [0, 0.1) is 0 Å². The summed E-state index contributed by atoms with van der Waals surface area (Å²) in [6.07, 6.45) is 5.88. The van der Waals surface area contributed by atoms with Gasteiger partial charge in [-0.3, -0.25) is 4.79 Å². The number of carbonyl (C=O) groups is 2. The van der Waals surface area contributed by atoms with Crippen molar-refractivity contribution >= 4 is 17.6 Å². The van der Waals surface area contributed by atoms with E-state index in [1.54, 1.807) is 12.1 Å². The van der Waals surface area contributed by atoms with Crippen LogP contribution in [-0.2, 0) is 4.79 Å². The molecule has 1 aromatic rings. The molecular formula is C17H25N3O3. The molecule has 1 aliphatic carbocycles. The van der Waals surface area contributed by atoms with Crippen LogP contribution in [0.5, 0.6) is 5.75 Å². The van der Waals surface area contributed by atoms with Crippen LogP contribution in [-0.4, -0.2) is 31.1 Å². The third-order valence-electron chi connectivity index (χ3n) is 3.70. The highest BCUT2D eigenvalue weighted by Gasteiger charge is 2.16. The van der Waals surface area contributed by atoms with Gasteiger partial charge in [-0.2, -0.15) is 0 Å². The van der Waals surface area contributed by atoms with Gasteiger partial charge in [-0.25, -0.2) is 4.79 Å². The second-order valence-electron chi connectivity index (χ2n) is 5.71. The Morgan fingerprint density at radius 2 is 1.83 bits per heavy atom. The van der Waals surface area contributed by atoms with Gasteiger partial charge in [0, 0.05) is 12.2 Å². The van der Waals surface area contributed by atoms with Crippen LogP contribution in [0.15, 0.2) is 24.3 Å². The number of ether oxygens (including phenoxy) is 1. The minimum Gasteiger partial charge on any atom is -0.490 e. The lowest BCUT2D eigenvalue weighted by Gasteiger charge is -2.13. The number of urea groups is 1. The SMILES string of the molecule is CCCNC(=O)CNC(=O)Nc1ccc(OC2CCCC2)cc1. The van der Waals surface area contributed by atoms with Gasteiger partial charge < -0.3 is 20.7 Å². The van der Waals surface area contributed by atoms with E-state index in [-0.39, 0.29) is 12.5 Å². The Labute approximate surface area is 137 Å². The van der Waals surface area contributed by atoms with E-state index in [2.05, 4.69) is 16.0 Å². The lowest BCUT2D eigenvalue weighted by atomic mass is 10.3. The fraction of sp³-hybridized carbons (Fsp3) is 0.529. The summed E-state index contributed by atoms with van der Waals surface area (Å²) in [5.41, 5.74) is 0.662. The zero-order chi connectivity index (χ0) is 16.5. The van der Waals surface area contributed by atoms with E-state index in [1.165, 1.54) is 12.8 Å². The average molecular weight is 319 g/mol. The molecule has 1 aromatic carbocycles. The summed E-state index contributed by atoms with van der Waals surface area (Å²) in [6, 6.07) is 6.88. The molecule has 1 aliphatic rings. The molecule has 3 N–H and O–H groups in total. The van der Waals surface area contributed by atoms with Crippen LogP contribution < -0.4 is 20.7 Å². The molecule has 23 heavy (non-hydrogen) atoms. The molecule has 0 aromatic heterocycles. The minimum absolute atomic E-state index is 0.0330. The second-order valence-corrected chi connectivity index (χ2v) is 5.71. The Morgan fingerprint density at radius 3 is 2.48 bits per heavy atom. The smallest absolute Gasteiger partial charge is 0.319 e. The van der Waals surface area contributed by atoms with Crippen molar-refractivity contribution in [2.45, 2.75) is 45.1 Å². The number of amides is 3. The average Bonchev–Trinajstić information content (AvgIpc) is 3.06. The van der Waals surface area contributed by atoms with Gasteiger partial charge in [0.15, 0.2) is 0 Å². The Bertz CT molecular complexity index is 510. The number of rotatable bonds is 7. The van der Waals surface area contributed by atoms with E-state index < -0.39 is 6.03 Å². The van der Waals surface area contributed by atoms with Crippen molar-refractivity contribution in [2.75, 3.05) is 18.4 Å². The first-order valence-corrected chi connectivity index (χ1v) is 8.25. The predicted molar refractivity (Wildman–Crippen MR) is 89.6 cm³/mol. The van der Waals surface area contributed by atoms with Gasteiger partial charge in [-0.15, -0.1) is 0 Å². The van der Waals surface area contributed by atoms with Crippen molar-refractivity contribution in [2.24, 2.45) is 0 Å².